The molecule has 0 bridgehead atoms. The number of ether oxygens (including phenoxy) is 2. The average Bonchev–Trinajstić information content (AvgIpc) is 2.47. The maximum atomic E-state index is 11.6. The van der Waals surface area contributed by atoms with Crippen molar-refractivity contribution < 1.29 is 19.1 Å². The Morgan fingerprint density at radius 3 is 2.55 bits per heavy atom. The number of aromatic nitrogens is 1. The Hall–Kier alpha value is -3.04. The van der Waals surface area contributed by atoms with E-state index in [1.54, 1.807) is 19.9 Å². The molecule has 2 rings (SSSR count). The van der Waals surface area contributed by atoms with Gasteiger partial charge in [-0.25, -0.2) is 19.6 Å². The molecule has 0 radical (unpaired) electrons. The lowest BCUT2D eigenvalue weighted by Crippen LogP contribution is -2.24. The number of amides is 2. The van der Waals surface area contributed by atoms with Gasteiger partial charge < -0.3 is 9.47 Å². The van der Waals surface area contributed by atoms with E-state index in [1.165, 1.54) is 6.34 Å². The van der Waals surface area contributed by atoms with Crippen molar-refractivity contribution in [3.05, 3.63) is 6.07 Å². The molecule has 10 nitrogen and oxygen atoms in total. The van der Waals surface area contributed by atoms with Crippen molar-refractivity contribution in [3.63, 3.8) is 0 Å². The summed E-state index contributed by atoms with van der Waals surface area (Å²) in [5.74, 6) is 0.336. The normalized spacial score (nSPS) is 11.5. The van der Waals surface area contributed by atoms with E-state index in [0.29, 0.717) is 11.4 Å². The van der Waals surface area contributed by atoms with E-state index in [9.17, 15) is 9.59 Å². The molecule has 0 atom stereocenters. The van der Waals surface area contributed by atoms with Crippen LogP contribution in [-0.2, 0) is 9.47 Å². The van der Waals surface area contributed by atoms with Crippen LogP contribution in [0.5, 0.6) is 0 Å². The molecule has 118 valence electrons. The molecule has 1 aliphatic rings. The summed E-state index contributed by atoms with van der Waals surface area (Å²) in [5.41, 5.74) is 6.45. The standard InChI is InChI=1S/C12H16N6O4/c1-3-21-11(19)16-8-5-7-9(13-6-14-18-7)10(15-8)17-12(20)22-4-2/h5-6,18H,3-4H2,1-2H3,(H,13,14)(H2,15,16,17,19,20). The summed E-state index contributed by atoms with van der Waals surface area (Å²) >= 11 is 0. The zero-order valence-corrected chi connectivity index (χ0v) is 12.1. The molecule has 0 aliphatic carbocycles. The van der Waals surface area contributed by atoms with Crippen molar-refractivity contribution in [1.82, 2.24) is 10.4 Å². The minimum absolute atomic E-state index is 0.146. The first kappa shape index (κ1) is 15.4. The van der Waals surface area contributed by atoms with E-state index in [2.05, 4.69) is 31.5 Å². The Labute approximate surface area is 126 Å². The Balaban J connectivity index is 2.27. The van der Waals surface area contributed by atoms with Crippen molar-refractivity contribution in [2.24, 2.45) is 4.99 Å². The largest absolute Gasteiger partial charge is 0.450 e. The zero-order valence-electron chi connectivity index (χ0n) is 12.1. The number of pyridine rings is 1. The molecule has 1 aromatic rings. The number of hydrogen-bond acceptors (Lipinski definition) is 8. The Kier molecular flexibility index (Phi) is 4.96. The van der Waals surface area contributed by atoms with Gasteiger partial charge in [0.1, 0.15) is 17.8 Å². The fourth-order valence-corrected chi connectivity index (χ4v) is 1.66. The van der Waals surface area contributed by atoms with Gasteiger partial charge >= 0.3 is 12.2 Å². The zero-order chi connectivity index (χ0) is 15.9. The summed E-state index contributed by atoms with van der Waals surface area (Å²) < 4.78 is 9.59. The van der Waals surface area contributed by atoms with Crippen LogP contribution in [0.2, 0.25) is 0 Å². The second kappa shape index (κ2) is 7.11. The molecule has 0 spiro atoms. The molecule has 10 heteroatoms. The van der Waals surface area contributed by atoms with Crippen molar-refractivity contribution in [2.45, 2.75) is 13.8 Å². The number of nitrogens with zero attached hydrogens (tertiary/aromatic N) is 2. The molecular weight excluding hydrogens is 292 g/mol. The predicted octanol–water partition coefficient (Wildman–Crippen LogP) is 1.81. The second-order valence-electron chi connectivity index (χ2n) is 3.97. The number of hydrazine groups is 1. The number of rotatable bonds is 4. The van der Waals surface area contributed by atoms with Gasteiger partial charge in [0.25, 0.3) is 0 Å². The first-order chi connectivity index (χ1) is 10.6. The third kappa shape index (κ3) is 3.75. The summed E-state index contributed by atoms with van der Waals surface area (Å²) in [5, 5.41) is 4.93. The minimum Gasteiger partial charge on any atom is -0.450 e. The van der Waals surface area contributed by atoms with Crippen LogP contribution in [0.1, 0.15) is 13.8 Å². The number of nitrogens with one attached hydrogen (secondary N) is 4. The summed E-state index contributed by atoms with van der Waals surface area (Å²) in [6.45, 7) is 3.82. The van der Waals surface area contributed by atoms with Gasteiger partial charge in [-0.1, -0.05) is 0 Å². The van der Waals surface area contributed by atoms with Crippen LogP contribution in [0.25, 0.3) is 0 Å². The third-order valence-corrected chi connectivity index (χ3v) is 2.46. The Bertz CT molecular complexity index is 604. The van der Waals surface area contributed by atoms with Crippen LogP contribution in [0.15, 0.2) is 11.1 Å². The highest BCUT2D eigenvalue weighted by atomic mass is 16.6. The Morgan fingerprint density at radius 2 is 1.86 bits per heavy atom. The van der Waals surface area contributed by atoms with Gasteiger partial charge in [-0.05, 0) is 13.8 Å². The van der Waals surface area contributed by atoms with Gasteiger partial charge in [0.05, 0.1) is 18.9 Å². The molecule has 0 saturated carbocycles. The lowest BCUT2D eigenvalue weighted by Gasteiger charge is -2.18. The molecule has 1 aliphatic heterocycles. The molecule has 2 amide bonds. The molecule has 0 aromatic carbocycles. The van der Waals surface area contributed by atoms with Crippen LogP contribution in [-0.4, -0.2) is 36.7 Å². The molecule has 1 aromatic heterocycles. The van der Waals surface area contributed by atoms with E-state index < -0.39 is 12.2 Å². The van der Waals surface area contributed by atoms with Gasteiger partial charge in [-0.3, -0.25) is 21.5 Å². The van der Waals surface area contributed by atoms with E-state index in [1.807, 2.05) is 0 Å². The van der Waals surface area contributed by atoms with Gasteiger partial charge in [-0.15, -0.1) is 0 Å². The Morgan fingerprint density at radius 1 is 1.18 bits per heavy atom. The maximum Gasteiger partial charge on any atom is 0.412 e. The smallest absolute Gasteiger partial charge is 0.412 e. The van der Waals surface area contributed by atoms with E-state index in [-0.39, 0.29) is 24.8 Å². The van der Waals surface area contributed by atoms with Crippen molar-refractivity contribution in [1.29, 1.82) is 0 Å². The molecule has 0 unspecified atom stereocenters. The summed E-state index contributed by atoms with van der Waals surface area (Å²) in [6, 6.07) is 1.55. The molecule has 2 heterocycles. The molecular formula is C12H16N6O4. The minimum atomic E-state index is -0.667. The summed E-state index contributed by atoms with van der Waals surface area (Å²) in [4.78, 5) is 31.2. The maximum absolute atomic E-state index is 11.6. The molecule has 22 heavy (non-hydrogen) atoms. The van der Waals surface area contributed by atoms with Crippen molar-refractivity contribution >= 4 is 41.5 Å². The monoisotopic (exact) mass is 308 g/mol. The van der Waals surface area contributed by atoms with Gasteiger partial charge in [-0.2, -0.15) is 0 Å². The topological polar surface area (TPSA) is 126 Å². The lowest BCUT2D eigenvalue weighted by atomic mass is 10.3. The number of fused-ring (bicyclic) bond motifs is 1. The van der Waals surface area contributed by atoms with Crippen LogP contribution in [0.3, 0.4) is 0 Å². The third-order valence-electron chi connectivity index (χ3n) is 2.46. The summed E-state index contributed by atoms with van der Waals surface area (Å²) in [6.07, 6.45) is 0.0854. The van der Waals surface area contributed by atoms with Crippen molar-refractivity contribution in [3.8, 4) is 0 Å². The number of anilines is 3. The fraction of sp³-hybridized carbons (Fsp3) is 0.333. The average molecular weight is 308 g/mol. The second-order valence-corrected chi connectivity index (χ2v) is 3.97. The van der Waals surface area contributed by atoms with E-state index in [0.717, 1.165) is 0 Å². The predicted molar refractivity (Wildman–Crippen MR) is 80.4 cm³/mol. The quantitative estimate of drug-likeness (QED) is 0.668. The van der Waals surface area contributed by atoms with Crippen LogP contribution in [0.4, 0.5) is 32.6 Å². The lowest BCUT2D eigenvalue weighted by molar-refractivity contribution is 0.167. The number of carbonyl (C=O) groups is 2. The molecule has 0 fully saturated rings. The highest BCUT2D eigenvalue weighted by Crippen LogP contribution is 2.35. The SMILES string of the molecule is CCOC(=O)Nc1cc2c(c(NC(=O)OCC)n1)N=CNN2. The summed E-state index contributed by atoms with van der Waals surface area (Å²) in [7, 11) is 0. The first-order valence-corrected chi connectivity index (χ1v) is 6.60. The van der Waals surface area contributed by atoms with E-state index >= 15 is 0 Å². The molecule has 4 N–H and O–H groups in total. The van der Waals surface area contributed by atoms with Gasteiger partial charge in [0.2, 0.25) is 0 Å². The number of hydrogen-bond donors (Lipinski definition) is 4. The van der Waals surface area contributed by atoms with Crippen molar-refractivity contribution in [2.75, 3.05) is 29.3 Å². The highest BCUT2D eigenvalue weighted by Gasteiger charge is 2.18. The van der Waals surface area contributed by atoms with E-state index in [4.69, 9.17) is 9.47 Å². The fourth-order valence-electron chi connectivity index (χ4n) is 1.66. The van der Waals surface area contributed by atoms with Gasteiger partial charge in [0.15, 0.2) is 5.82 Å². The van der Waals surface area contributed by atoms with Crippen LogP contribution >= 0.6 is 0 Å². The number of carbonyl (C=O) groups excluding carboxylic acids is 2. The van der Waals surface area contributed by atoms with Crippen LogP contribution in [0, 0.1) is 0 Å². The van der Waals surface area contributed by atoms with Gasteiger partial charge in [0, 0.05) is 6.07 Å². The number of aliphatic imine (C=N–C) groups is 1. The first-order valence-electron chi connectivity index (χ1n) is 6.60. The molecule has 0 saturated heterocycles. The van der Waals surface area contributed by atoms with Crippen LogP contribution < -0.4 is 21.5 Å². The highest BCUT2D eigenvalue weighted by molar-refractivity contribution is 5.95.